The molecule has 0 aliphatic heterocycles. The molecule has 1 aromatic carbocycles. The lowest BCUT2D eigenvalue weighted by Gasteiger charge is -2.10. The summed E-state index contributed by atoms with van der Waals surface area (Å²) in [6, 6.07) is 5.71. The average molecular weight is 331 g/mol. The second-order valence-electron chi connectivity index (χ2n) is 5.74. The summed E-state index contributed by atoms with van der Waals surface area (Å²) in [4.78, 5) is 12.1. The maximum atomic E-state index is 12.1. The lowest BCUT2D eigenvalue weighted by molar-refractivity contribution is -0.121. The highest BCUT2D eigenvalue weighted by Gasteiger charge is 2.11. The molecule has 0 fully saturated rings. The number of hydrogen-bond donors (Lipinski definition) is 1. The molecule has 0 saturated heterocycles. The number of benzene rings is 1. The van der Waals surface area contributed by atoms with Crippen molar-refractivity contribution in [1.29, 1.82) is 0 Å². The third kappa shape index (κ3) is 4.07. The fraction of sp³-hybridized carbons (Fsp3) is 0.444. The summed E-state index contributed by atoms with van der Waals surface area (Å²) in [5.74, 6) is 1.39. The average Bonchev–Trinajstić information content (AvgIpc) is 2.83. The topological polar surface area (TPSA) is 65.4 Å². The van der Waals surface area contributed by atoms with Crippen LogP contribution in [0.5, 0.6) is 11.5 Å². The van der Waals surface area contributed by atoms with Gasteiger partial charge in [-0.3, -0.25) is 9.48 Å². The number of nitrogens with zero attached hydrogens (tertiary/aromatic N) is 2. The van der Waals surface area contributed by atoms with E-state index < -0.39 is 0 Å². The number of carbonyl (C=O) groups is 1. The van der Waals surface area contributed by atoms with Gasteiger partial charge < -0.3 is 14.8 Å². The van der Waals surface area contributed by atoms with Crippen molar-refractivity contribution in [2.45, 2.75) is 33.2 Å². The van der Waals surface area contributed by atoms with Crippen molar-refractivity contribution in [2.24, 2.45) is 7.05 Å². The largest absolute Gasteiger partial charge is 0.493 e. The minimum atomic E-state index is 0.0208. The Bertz CT molecular complexity index is 723. The van der Waals surface area contributed by atoms with E-state index in [0.29, 0.717) is 30.9 Å². The van der Waals surface area contributed by atoms with Gasteiger partial charge in [-0.2, -0.15) is 5.10 Å². The first-order valence-corrected chi connectivity index (χ1v) is 7.93. The van der Waals surface area contributed by atoms with Gasteiger partial charge in [-0.05, 0) is 38.0 Å². The van der Waals surface area contributed by atoms with Crippen LogP contribution in [0.1, 0.15) is 28.9 Å². The van der Waals surface area contributed by atoms with Gasteiger partial charge in [-0.25, -0.2) is 0 Å². The fourth-order valence-electron chi connectivity index (χ4n) is 2.64. The highest BCUT2D eigenvalue weighted by molar-refractivity contribution is 5.76. The number of aryl methyl sites for hydroxylation is 3. The van der Waals surface area contributed by atoms with E-state index in [1.54, 1.807) is 14.2 Å². The second-order valence-corrected chi connectivity index (χ2v) is 5.74. The van der Waals surface area contributed by atoms with Crippen molar-refractivity contribution >= 4 is 5.91 Å². The maximum absolute atomic E-state index is 12.1. The van der Waals surface area contributed by atoms with Gasteiger partial charge in [0.1, 0.15) is 0 Å². The van der Waals surface area contributed by atoms with E-state index >= 15 is 0 Å². The van der Waals surface area contributed by atoms with Crippen LogP contribution in [0, 0.1) is 13.8 Å². The molecule has 1 amide bonds. The third-order valence-electron chi connectivity index (χ3n) is 4.21. The molecule has 0 spiro atoms. The van der Waals surface area contributed by atoms with Crippen LogP contribution in [0.25, 0.3) is 0 Å². The smallest absolute Gasteiger partial charge is 0.220 e. The van der Waals surface area contributed by atoms with Gasteiger partial charge in [0.15, 0.2) is 11.5 Å². The first kappa shape index (κ1) is 17.8. The molecule has 0 unspecified atom stereocenters. The lowest BCUT2D eigenvalue weighted by atomic mass is 10.1. The van der Waals surface area contributed by atoms with Gasteiger partial charge in [-0.1, -0.05) is 6.07 Å². The number of amides is 1. The summed E-state index contributed by atoms with van der Waals surface area (Å²) in [6.07, 6.45) is 1.07. The number of nitrogens with one attached hydrogen (secondary N) is 1. The molecular weight excluding hydrogens is 306 g/mol. The quantitative estimate of drug-likeness (QED) is 0.845. The molecule has 0 saturated carbocycles. The van der Waals surface area contributed by atoms with Crippen LogP contribution < -0.4 is 14.8 Å². The zero-order valence-corrected chi connectivity index (χ0v) is 15.0. The summed E-state index contributed by atoms with van der Waals surface area (Å²) in [5, 5.41) is 7.32. The summed E-state index contributed by atoms with van der Waals surface area (Å²) < 4.78 is 12.3. The van der Waals surface area contributed by atoms with Gasteiger partial charge in [-0.15, -0.1) is 0 Å². The van der Waals surface area contributed by atoms with Crippen molar-refractivity contribution in [2.75, 3.05) is 14.2 Å². The Morgan fingerprint density at radius 2 is 1.92 bits per heavy atom. The van der Waals surface area contributed by atoms with E-state index in [1.807, 2.05) is 43.8 Å². The molecule has 2 rings (SSSR count). The molecule has 0 aliphatic rings. The van der Waals surface area contributed by atoms with Crippen molar-refractivity contribution in [3.63, 3.8) is 0 Å². The first-order valence-electron chi connectivity index (χ1n) is 7.93. The monoisotopic (exact) mass is 331 g/mol. The summed E-state index contributed by atoms with van der Waals surface area (Å²) in [5.41, 5.74) is 4.15. The zero-order valence-electron chi connectivity index (χ0n) is 15.0. The number of hydrogen-bond acceptors (Lipinski definition) is 4. The van der Waals surface area contributed by atoms with Crippen molar-refractivity contribution in [3.05, 3.63) is 40.7 Å². The molecule has 24 heavy (non-hydrogen) atoms. The van der Waals surface area contributed by atoms with Gasteiger partial charge in [0.2, 0.25) is 5.91 Å². The number of aromatic nitrogens is 2. The van der Waals surface area contributed by atoms with E-state index in [-0.39, 0.29) is 5.91 Å². The molecule has 1 N–H and O–H groups in total. The van der Waals surface area contributed by atoms with Crippen LogP contribution in [0.2, 0.25) is 0 Å². The van der Waals surface area contributed by atoms with Crippen LogP contribution in [0.3, 0.4) is 0 Å². The van der Waals surface area contributed by atoms with Crippen LogP contribution in [0.15, 0.2) is 18.2 Å². The van der Waals surface area contributed by atoms with Gasteiger partial charge in [0.25, 0.3) is 0 Å². The molecule has 1 aromatic heterocycles. The highest BCUT2D eigenvalue weighted by atomic mass is 16.5. The summed E-state index contributed by atoms with van der Waals surface area (Å²) in [6.45, 7) is 4.47. The molecular formula is C18H25N3O3. The third-order valence-corrected chi connectivity index (χ3v) is 4.21. The van der Waals surface area contributed by atoms with E-state index in [2.05, 4.69) is 10.4 Å². The van der Waals surface area contributed by atoms with Crippen LogP contribution >= 0.6 is 0 Å². The van der Waals surface area contributed by atoms with Crippen molar-refractivity contribution < 1.29 is 14.3 Å². The SMILES string of the molecule is COc1ccc(CCC(=O)NCc2c(C)nn(C)c2C)cc1OC. The van der Waals surface area contributed by atoms with Gasteiger partial charge >= 0.3 is 0 Å². The molecule has 0 atom stereocenters. The molecule has 130 valence electrons. The second kappa shape index (κ2) is 7.86. The first-order chi connectivity index (χ1) is 11.5. The van der Waals surface area contributed by atoms with E-state index in [0.717, 1.165) is 22.5 Å². The predicted octanol–water partition coefficient (Wildman–Crippen LogP) is 2.30. The zero-order chi connectivity index (χ0) is 17.7. The molecule has 2 aromatic rings. The number of ether oxygens (including phenoxy) is 2. The van der Waals surface area contributed by atoms with Gasteiger partial charge in [0, 0.05) is 31.3 Å². The Labute approximate surface area is 142 Å². The van der Waals surface area contributed by atoms with Crippen LogP contribution in [-0.2, 0) is 24.8 Å². The highest BCUT2D eigenvalue weighted by Crippen LogP contribution is 2.27. The van der Waals surface area contributed by atoms with Crippen LogP contribution in [-0.4, -0.2) is 29.9 Å². The lowest BCUT2D eigenvalue weighted by Crippen LogP contribution is -2.23. The Morgan fingerprint density at radius 1 is 1.21 bits per heavy atom. The molecule has 0 aliphatic carbocycles. The Morgan fingerprint density at radius 3 is 2.50 bits per heavy atom. The molecule has 1 heterocycles. The van der Waals surface area contributed by atoms with Gasteiger partial charge in [0.05, 0.1) is 19.9 Å². The Kier molecular flexibility index (Phi) is 5.84. The standard InChI is InChI=1S/C18H25N3O3/c1-12-15(13(2)21(3)20-12)11-19-18(22)9-7-14-6-8-16(23-4)17(10-14)24-5/h6,8,10H,7,9,11H2,1-5H3,(H,19,22). The Hall–Kier alpha value is -2.50. The molecule has 6 nitrogen and oxygen atoms in total. The summed E-state index contributed by atoms with van der Waals surface area (Å²) in [7, 11) is 5.12. The molecule has 6 heteroatoms. The van der Waals surface area contributed by atoms with Crippen molar-refractivity contribution in [3.8, 4) is 11.5 Å². The number of carbonyl (C=O) groups excluding carboxylic acids is 1. The maximum Gasteiger partial charge on any atom is 0.220 e. The van der Waals surface area contributed by atoms with E-state index in [9.17, 15) is 4.79 Å². The fourth-order valence-corrected chi connectivity index (χ4v) is 2.64. The van der Waals surface area contributed by atoms with E-state index in [4.69, 9.17) is 9.47 Å². The van der Waals surface area contributed by atoms with E-state index in [1.165, 1.54) is 0 Å². The number of rotatable bonds is 7. The normalized spacial score (nSPS) is 10.5. The summed E-state index contributed by atoms with van der Waals surface area (Å²) >= 11 is 0. The molecule has 0 bridgehead atoms. The van der Waals surface area contributed by atoms with Crippen LogP contribution in [0.4, 0.5) is 0 Å². The Balaban J connectivity index is 1.89. The number of methoxy groups -OCH3 is 2. The van der Waals surface area contributed by atoms with Crippen molar-refractivity contribution in [1.82, 2.24) is 15.1 Å². The minimum absolute atomic E-state index is 0.0208. The molecule has 0 radical (unpaired) electrons. The minimum Gasteiger partial charge on any atom is -0.493 e. The predicted molar refractivity (Wildman–Crippen MR) is 92.4 cm³/mol.